The van der Waals surface area contributed by atoms with Crippen molar-refractivity contribution in [3.63, 3.8) is 0 Å². The molecule has 7 heteroatoms. The lowest BCUT2D eigenvalue weighted by molar-refractivity contribution is 0.0950. The number of methoxy groups -OCH3 is 3. The number of carbonyl (C=O) groups is 1. The molecule has 0 saturated carbocycles. The molecular weight excluding hydrogens is 358 g/mol. The fourth-order valence-electron chi connectivity index (χ4n) is 2.91. The second kappa shape index (κ2) is 8.94. The highest BCUT2D eigenvalue weighted by atomic mass is 16.5. The molecule has 28 heavy (non-hydrogen) atoms. The van der Waals surface area contributed by atoms with Crippen LogP contribution in [-0.2, 0) is 6.42 Å². The van der Waals surface area contributed by atoms with E-state index in [1.54, 1.807) is 18.3 Å². The summed E-state index contributed by atoms with van der Waals surface area (Å²) >= 11 is 0. The highest BCUT2D eigenvalue weighted by Gasteiger charge is 2.20. The molecule has 1 amide bonds. The van der Waals surface area contributed by atoms with Crippen molar-refractivity contribution in [2.45, 2.75) is 6.42 Å². The Morgan fingerprint density at radius 1 is 1.00 bits per heavy atom. The highest BCUT2D eigenvalue weighted by Crippen LogP contribution is 2.39. The Morgan fingerprint density at radius 2 is 1.75 bits per heavy atom. The van der Waals surface area contributed by atoms with E-state index < -0.39 is 0 Å². The number of nitrogens with zero attached hydrogens (tertiary/aromatic N) is 2. The van der Waals surface area contributed by atoms with E-state index in [1.807, 2.05) is 41.2 Å². The first kappa shape index (κ1) is 19.3. The largest absolute Gasteiger partial charge is 0.493 e. The summed E-state index contributed by atoms with van der Waals surface area (Å²) in [5.41, 5.74) is 2.41. The molecule has 0 aliphatic carbocycles. The molecule has 1 heterocycles. The Kier molecular flexibility index (Phi) is 6.16. The monoisotopic (exact) mass is 381 g/mol. The van der Waals surface area contributed by atoms with E-state index in [0.29, 0.717) is 35.8 Å². The molecule has 0 saturated heterocycles. The standard InChI is InChI=1S/C21H23N3O4/c1-26-18-10-9-17(19(27-2)20(18)28-3)21(25)22-12-11-15-13-23-24(14-15)16-7-5-4-6-8-16/h4-10,13-14H,11-12H2,1-3H3,(H,22,25). The molecule has 3 aromatic rings. The summed E-state index contributed by atoms with van der Waals surface area (Å²) in [6.45, 7) is 0.469. The van der Waals surface area contributed by atoms with Crippen LogP contribution in [0.5, 0.6) is 17.2 Å². The Bertz CT molecular complexity index is 938. The van der Waals surface area contributed by atoms with E-state index in [0.717, 1.165) is 11.3 Å². The number of hydrogen-bond acceptors (Lipinski definition) is 5. The van der Waals surface area contributed by atoms with Crippen molar-refractivity contribution < 1.29 is 19.0 Å². The van der Waals surface area contributed by atoms with Gasteiger partial charge in [-0.25, -0.2) is 4.68 Å². The number of nitrogens with one attached hydrogen (secondary N) is 1. The van der Waals surface area contributed by atoms with Crippen LogP contribution in [0.3, 0.4) is 0 Å². The SMILES string of the molecule is COc1ccc(C(=O)NCCc2cnn(-c3ccccc3)c2)c(OC)c1OC. The maximum Gasteiger partial charge on any atom is 0.255 e. The fourth-order valence-corrected chi connectivity index (χ4v) is 2.91. The van der Waals surface area contributed by atoms with Gasteiger partial charge in [-0.05, 0) is 36.2 Å². The first-order chi connectivity index (χ1) is 13.7. The molecule has 0 spiro atoms. The van der Waals surface area contributed by atoms with Crippen molar-refractivity contribution in [2.24, 2.45) is 0 Å². The minimum atomic E-state index is -0.242. The van der Waals surface area contributed by atoms with E-state index in [-0.39, 0.29) is 5.91 Å². The van der Waals surface area contributed by atoms with Crippen LogP contribution in [0.25, 0.3) is 5.69 Å². The van der Waals surface area contributed by atoms with Crippen molar-refractivity contribution in [2.75, 3.05) is 27.9 Å². The quantitative estimate of drug-likeness (QED) is 0.649. The third-order valence-corrected chi connectivity index (χ3v) is 4.30. The summed E-state index contributed by atoms with van der Waals surface area (Å²) in [6, 6.07) is 13.2. The molecule has 2 aromatic carbocycles. The summed E-state index contributed by atoms with van der Waals surface area (Å²) in [5.74, 6) is 0.996. The second-order valence-electron chi connectivity index (χ2n) is 6.02. The third-order valence-electron chi connectivity index (χ3n) is 4.30. The topological polar surface area (TPSA) is 74.6 Å². The third kappa shape index (κ3) is 4.09. The maximum absolute atomic E-state index is 12.6. The van der Waals surface area contributed by atoms with Gasteiger partial charge in [0.1, 0.15) is 0 Å². The molecule has 7 nitrogen and oxygen atoms in total. The van der Waals surface area contributed by atoms with E-state index in [9.17, 15) is 4.79 Å². The Morgan fingerprint density at radius 3 is 2.43 bits per heavy atom. The molecule has 0 aliphatic rings. The molecule has 0 fully saturated rings. The molecule has 0 atom stereocenters. The van der Waals surface area contributed by atoms with Gasteiger partial charge in [0.05, 0.1) is 38.8 Å². The van der Waals surface area contributed by atoms with Crippen LogP contribution < -0.4 is 19.5 Å². The molecule has 0 radical (unpaired) electrons. The van der Waals surface area contributed by atoms with Gasteiger partial charge in [0.15, 0.2) is 11.5 Å². The average molecular weight is 381 g/mol. The van der Waals surface area contributed by atoms with Crippen molar-refractivity contribution >= 4 is 5.91 Å². The smallest absolute Gasteiger partial charge is 0.255 e. The predicted molar refractivity (Wildman–Crippen MR) is 106 cm³/mol. The van der Waals surface area contributed by atoms with Crippen LogP contribution in [0.1, 0.15) is 15.9 Å². The molecular formula is C21H23N3O4. The lowest BCUT2D eigenvalue weighted by Gasteiger charge is -2.15. The molecule has 0 aliphatic heterocycles. The number of amides is 1. The lowest BCUT2D eigenvalue weighted by atomic mass is 10.1. The van der Waals surface area contributed by atoms with E-state index in [1.165, 1.54) is 21.3 Å². The molecule has 0 unspecified atom stereocenters. The van der Waals surface area contributed by atoms with Crippen LogP contribution in [0.2, 0.25) is 0 Å². The van der Waals surface area contributed by atoms with Gasteiger partial charge < -0.3 is 19.5 Å². The maximum atomic E-state index is 12.6. The van der Waals surface area contributed by atoms with Crippen molar-refractivity contribution in [3.05, 3.63) is 66.0 Å². The van der Waals surface area contributed by atoms with Crippen LogP contribution in [0.15, 0.2) is 54.9 Å². The van der Waals surface area contributed by atoms with Gasteiger partial charge in [-0.2, -0.15) is 5.10 Å². The highest BCUT2D eigenvalue weighted by molar-refractivity contribution is 5.98. The first-order valence-corrected chi connectivity index (χ1v) is 8.84. The van der Waals surface area contributed by atoms with Gasteiger partial charge in [-0.15, -0.1) is 0 Å². The zero-order chi connectivity index (χ0) is 19.9. The van der Waals surface area contributed by atoms with Crippen LogP contribution in [-0.4, -0.2) is 43.6 Å². The number of para-hydroxylation sites is 1. The average Bonchev–Trinajstić information content (AvgIpc) is 3.21. The van der Waals surface area contributed by atoms with Crippen LogP contribution >= 0.6 is 0 Å². The molecule has 146 valence electrons. The summed E-state index contributed by atoms with van der Waals surface area (Å²) in [5, 5.41) is 7.27. The van der Waals surface area contributed by atoms with Crippen molar-refractivity contribution in [1.29, 1.82) is 0 Å². The Labute approximate surface area is 163 Å². The fraction of sp³-hybridized carbons (Fsp3) is 0.238. The molecule has 3 rings (SSSR count). The van der Waals surface area contributed by atoms with Gasteiger partial charge in [0.25, 0.3) is 5.91 Å². The Hall–Kier alpha value is -3.48. The van der Waals surface area contributed by atoms with Gasteiger partial charge in [-0.3, -0.25) is 4.79 Å². The van der Waals surface area contributed by atoms with Gasteiger partial charge in [0, 0.05) is 12.7 Å². The zero-order valence-electron chi connectivity index (χ0n) is 16.1. The molecule has 1 N–H and O–H groups in total. The summed E-state index contributed by atoms with van der Waals surface area (Å²) in [4.78, 5) is 12.6. The predicted octanol–water partition coefficient (Wildman–Crippen LogP) is 2.87. The number of carbonyl (C=O) groups excluding carboxylic acids is 1. The second-order valence-corrected chi connectivity index (χ2v) is 6.02. The summed E-state index contributed by atoms with van der Waals surface area (Å²) in [7, 11) is 4.53. The summed E-state index contributed by atoms with van der Waals surface area (Å²) < 4.78 is 17.8. The van der Waals surface area contributed by atoms with Crippen molar-refractivity contribution in [3.8, 4) is 22.9 Å². The van der Waals surface area contributed by atoms with E-state index in [2.05, 4.69) is 10.4 Å². The van der Waals surface area contributed by atoms with Crippen molar-refractivity contribution in [1.82, 2.24) is 15.1 Å². The number of aromatic nitrogens is 2. The van der Waals surface area contributed by atoms with E-state index in [4.69, 9.17) is 14.2 Å². The van der Waals surface area contributed by atoms with Gasteiger partial charge in [-0.1, -0.05) is 18.2 Å². The minimum Gasteiger partial charge on any atom is -0.493 e. The van der Waals surface area contributed by atoms with Gasteiger partial charge >= 0.3 is 0 Å². The summed E-state index contributed by atoms with van der Waals surface area (Å²) in [6.07, 6.45) is 4.42. The van der Waals surface area contributed by atoms with Crippen LogP contribution in [0.4, 0.5) is 0 Å². The number of hydrogen-bond donors (Lipinski definition) is 1. The first-order valence-electron chi connectivity index (χ1n) is 8.84. The molecule has 0 bridgehead atoms. The zero-order valence-corrected chi connectivity index (χ0v) is 16.1. The number of benzene rings is 2. The Balaban J connectivity index is 1.64. The normalized spacial score (nSPS) is 10.4. The van der Waals surface area contributed by atoms with Crippen LogP contribution in [0, 0.1) is 0 Å². The minimum absolute atomic E-state index is 0.242. The number of rotatable bonds is 8. The number of ether oxygens (including phenoxy) is 3. The lowest BCUT2D eigenvalue weighted by Crippen LogP contribution is -2.26. The van der Waals surface area contributed by atoms with Gasteiger partial charge in [0.2, 0.25) is 5.75 Å². The molecule has 1 aromatic heterocycles. The van der Waals surface area contributed by atoms with E-state index >= 15 is 0 Å².